The fourth-order valence-corrected chi connectivity index (χ4v) is 5.22. The predicted molar refractivity (Wildman–Crippen MR) is 143 cm³/mol. The van der Waals surface area contributed by atoms with E-state index in [0.717, 1.165) is 46.1 Å². The average Bonchev–Trinajstić information content (AvgIpc) is 3.37. The van der Waals surface area contributed by atoms with Crippen molar-refractivity contribution in [3.63, 3.8) is 0 Å². The fraction of sp³-hybridized carbons (Fsp3) is 0.276. The SMILES string of the molecule is Cc1ccccc1C(NC(=O)C1CCCN(Cc2nc(-c3cccc(Br)c3)no2)C1)c1ccccc1. The van der Waals surface area contributed by atoms with E-state index in [4.69, 9.17) is 4.52 Å². The highest BCUT2D eigenvalue weighted by atomic mass is 79.9. The number of carbonyl (C=O) groups excluding carboxylic acids is 1. The van der Waals surface area contributed by atoms with Crippen LogP contribution in [-0.4, -0.2) is 34.0 Å². The fourth-order valence-electron chi connectivity index (χ4n) is 4.83. The first-order valence-electron chi connectivity index (χ1n) is 12.3. The molecule has 0 spiro atoms. The van der Waals surface area contributed by atoms with E-state index in [9.17, 15) is 4.79 Å². The van der Waals surface area contributed by atoms with E-state index in [2.05, 4.69) is 67.5 Å². The first-order valence-corrected chi connectivity index (χ1v) is 13.1. The van der Waals surface area contributed by atoms with Gasteiger partial charge >= 0.3 is 0 Å². The predicted octanol–water partition coefficient (Wildman–Crippen LogP) is 5.93. The average molecular weight is 545 g/mol. The molecule has 1 aromatic heterocycles. The molecule has 1 aliphatic heterocycles. The molecule has 0 aliphatic carbocycles. The third kappa shape index (κ3) is 5.74. The van der Waals surface area contributed by atoms with Crippen molar-refractivity contribution in [1.82, 2.24) is 20.4 Å². The summed E-state index contributed by atoms with van der Waals surface area (Å²) in [4.78, 5) is 20.3. The number of rotatable bonds is 7. The van der Waals surface area contributed by atoms with E-state index < -0.39 is 0 Å². The lowest BCUT2D eigenvalue weighted by Crippen LogP contribution is -2.44. The summed E-state index contributed by atoms with van der Waals surface area (Å²) in [7, 11) is 0. The van der Waals surface area contributed by atoms with Crippen LogP contribution in [0.3, 0.4) is 0 Å². The van der Waals surface area contributed by atoms with Gasteiger partial charge in [0.15, 0.2) is 0 Å². The number of carbonyl (C=O) groups is 1. The normalized spacial score (nSPS) is 17.0. The zero-order valence-electron chi connectivity index (χ0n) is 20.2. The molecule has 5 rings (SSSR count). The first-order chi connectivity index (χ1) is 17.6. The molecule has 1 saturated heterocycles. The second-order valence-corrected chi connectivity index (χ2v) is 10.2. The summed E-state index contributed by atoms with van der Waals surface area (Å²) in [5.41, 5.74) is 4.27. The van der Waals surface area contributed by atoms with Crippen molar-refractivity contribution in [3.05, 3.63) is 106 Å². The van der Waals surface area contributed by atoms with Crippen LogP contribution in [0.1, 0.15) is 41.5 Å². The molecular formula is C29H29BrN4O2. The van der Waals surface area contributed by atoms with Crippen molar-refractivity contribution in [1.29, 1.82) is 0 Å². The molecule has 36 heavy (non-hydrogen) atoms. The zero-order valence-corrected chi connectivity index (χ0v) is 21.8. The Labute approximate surface area is 219 Å². The van der Waals surface area contributed by atoms with Crippen LogP contribution in [-0.2, 0) is 11.3 Å². The molecule has 6 nitrogen and oxygen atoms in total. The number of nitrogens with zero attached hydrogens (tertiary/aromatic N) is 3. The summed E-state index contributed by atoms with van der Waals surface area (Å²) in [6.07, 6.45) is 1.82. The summed E-state index contributed by atoms with van der Waals surface area (Å²) in [5, 5.41) is 7.50. The third-order valence-corrected chi connectivity index (χ3v) is 7.20. The largest absolute Gasteiger partial charge is 0.345 e. The number of likely N-dealkylation sites (tertiary alicyclic amines) is 1. The van der Waals surface area contributed by atoms with Gasteiger partial charge in [-0.3, -0.25) is 9.69 Å². The first kappa shape index (κ1) is 24.4. The van der Waals surface area contributed by atoms with Crippen LogP contribution in [0.25, 0.3) is 11.4 Å². The minimum absolute atomic E-state index is 0.0807. The van der Waals surface area contributed by atoms with Crippen molar-refractivity contribution in [2.45, 2.75) is 32.4 Å². The molecule has 0 bridgehead atoms. The summed E-state index contributed by atoms with van der Waals surface area (Å²) >= 11 is 3.48. The van der Waals surface area contributed by atoms with Crippen LogP contribution in [0.15, 0.2) is 87.9 Å². The van der Waals surface area contributed by atoms with Crippen molar-refractivity contribution >= 4 is 21.8 Å². The lowest BCUT2D eigenvalue weighted by molar-refractivity contribution is -0.127. The highest BCUT2D eigenvalue weighted by Crippen LogP contribution is 2.27. The van der Waals surface area contributed by atoms with Crippen molar-refractivity contribution in [2.24, 2.45) is 5.92 Å². The number of halogens is 1. The van der Waals surface area contributed by atoms with E-state index >= 15 is 0 Å². The van der Waals surface area contributed by atoms with Gasteiger partial charge in [0.2, 0.25) is 17.6 Å². The molecule has 2 atom stereocenters. The number of nitrogens with one attached hydrogen (secondary N) is 1. The molecule has 2 unspecified atom stereocenters. The van der Waals surface area contributed by atoms with Gasteiger partial charge in [0.25, 0.3) is 0 Å². The maximum absolute atomic E-state index is 13.5. The molecule has 7 heteroatoms. The van der Waals surface area contributed by atoms with Gasteiger partial charge < -0.3 is 9.84 Å². The number of hydrogen-bond donors (Lipinski definition) is 1. The Hall–Kier alpha value is -3.29. The number of hydrogen-bond acceptors (Lipinski definition) is 5. The Morgan fingerprint density at radius 1 is 1.11 bits per heavy atom. The molecule has 1 fully saturated rings. The molecular weight excluding hydrogens is 516 g/mol. The van der Waals surface area contributed by atoms with E-state index in [1.807, 2.05) is 54.6 Å². The van der Waals surface area contributed by atoms with Gasteiger partial charge in [-0.25, -0.2) is 0 Å². The van der Waals surface area contributed by atoms with Crippen molar-refractivity contribution in [2.75, 3.05) is 13.1 Å². The molecule has 1 amide bonds. The summed E-state index contributed by atoms with van der Waals surface area (Å²) in [5.74, 6) is 1.12. The minimum atomic E-state index is -0.182. The maximum atomic E-state index is 13.5. The van der Waals surface area contributed by atoms with Crippen LogP contribution in [0.2, 0.25) is 0 Å². The van der Waals surface area contributed by atoms with Gasteiger partial charge in [0.05, 0.1) is 18.5 Å². The summed E-state index contributed by atoms with van der Waals surface area (Å²) in [6.45, 7) is 4.19. The Bertz CT molecular complexity index is 1320. The second kappa shape index (κ2) is 11.2. The number of piperidine rings is 1. The van der Waals surface area contributed by atoms with Gasteiger partial charge in [0, 0.05) is 16.6 Å². The van der Waals surface area contributed by atoms with E-state index in [-0.39, 0.29) is 17.9 Å². The topological polar surface area (TPSA) is 71.3 Å². The van der Waals surface area contributed by atoms with Crippen LogP contribution < -0.4 is 5.32 Å². The Morgan fingerprint density at radius 3 is 2.72 bits per heavy atom. The number of benzene rings is 3. The van der Waals surface area contributed by atoms with Crippen molar-refractivity contribution < 1.29 is 9.32 Å². The molecule has 1 N–H and O–H groups in total. The van der Waals surface area contributed by atoms with E-state index in [0.29, 0.717) is 24.8 Å². The van der Waals surface area contributed by atoms with E-state index in [1.54, 1.807) is 0 Å². The second-order valence-electron chi connectivity index (χ2n) is 9.31. The smallest absolute Gasteiger partial charge is 0.241 e. The molecule has 184 valence electrons. The standard InChI is InChI=1S/C29H29BrN4O2/c1-20-9-5-6-15-25(20)27(21-10-3-2-4-11-21)32-29(35)23-13-8-16-34(18-23)19-26-31-28(33-36-26)22-12-7-14-24(30)17-22/h2-7,9-12,14-15,17,23,27H,8,13,16,18-19H2,1H3,(H,32,35). The summed E-state index contributed by atoms with van der Waals surface area (Å²) < 4.78 is 6.50. The molecule has 3 aromatic carbocycles. The molecule has 1 aliphatic rings. The maximum Gasteiger partial charge on any atom is 0.241 e. The van der Waals surface area contributed by atoms with Gasteiger partial charge in [-0.1, -0.05) is 87.8 Å². The van der Waals surface area contributed by atoms with Crippen LogP contribution in [0, 0.1) is 12.8 Å². The van der Waals surface area contributed by atoms with Gasteiger partial charge in [0.1, 0.15) is 0 Å². The lowest BCUT2D eigenvalue weighted by atomic mass is 9.92. The monoisotopic (exact) mass is 544 g/mol. The van der Waals surface area contributed by atoms with Gasteiger partial charge in [-0.15, -0.1) is 0 Å². The van der Waals surface area contributed by atoms with Crippen LogP contribution in [0.5, 0.6) is 0 Å². The van der Waals surface area contributed by atoms with Crippen LogP contribution in [0.4, 0.5) is 0 Å². The number of aryl methyl sites for hydroxylation is 1. The number of aromatic nitrogens is 2. The summed E-state index contributed by atoms with van der Waals surface area (Å²) in [6, 6.07) is 26.1. The Balaban J connectivity index is 1.27. The number of amides is 1. The highest BCUT2D eigenvalue weighted by Gasteiger charge is 2.29. The van der Waals surface area contributed by atoms with Gasteiger partial charge in [-0.05, 0) is 55.1 Å². The molecule has 4 aromatic rings. The van der Waals surface area contributed by atoms with Crippen molar-refractivity contribution in [3.8, 4) is 11.4 Å². The molecule has 0 saturated carbocycles. The highest BCUT2D eigenvalue weighted by molar-refractivity contribution is 9.10. The molecule has 2 heterocycles. The Kier molecular flexibility index (Phi) is 7.58. The van der Waals surface area contributed by atoms with Gasteiger partial charge in [-0.2, -0.15) is 4.98 Å². The zero-order chi connectivity index (χ0) is 24.9. The lowest BCUT2D eigenvalue weighted by Gasteiger charge is -2.32. The molecule has 0 radical (unpaired) electrons. The third-order valence-electron chi connectivity index (χ3n) is 6.71. The van der Waals surface area contributed by atoms with E-state index in [1.165, 1.54) is 0 Å². The van der Waals surface area contributed by atoms with Crippen LogP contribution >= 0.6 is 15.9 Å². The Morgan fingerprint density at radius 2 is 1.92 bits per heavy atom. The minimum Gasteiger partial charge on any atom is -0.345 e. The quantitative estimate of drug-likeness (QED) is 0.312.